The molecule has 1 aromatic heterocycles. The highest BCUT2D eigenvalue weighted by atomic mass is 16.5. The molecule has 0 saturated carbocycles. The zero-order valence-electron chi connectivity index (χ0n) is 14.4. The molecule has 0 aliphatic carbocycles. The lowest BCUT2D eigenvalue weighted by molar-refractivity contribution is -0.145. The van der Waals surface area contributed by atoms with E-state index in [1.807, 2.05) is 61.5 Å². The van der Waals surface area contributed by atoms with E-state index in [1.54, 1.807) is 0 Å². The number of imidazole rings is 1. The van der Waals surface area contributed by atoms with E-state index in [9.17, 15) is 4.79 Å². The van der Waals surface area contributed by atoms with E-state index in [1.165, 1.54) is 0 Å². The Balaban J connectivity index is 1.76. The van der Waals surface area contributed by atoms with Crippen LogP contribution in [-0.4, -0.2) is 40.1 Å². The van der Waals surface area contributed by atoms with Crippen molar-refractivity contribution in [2.24, 2.45) is 0 Å². The molecule has 2 aromatic rings. The fourth-order valence-corrected chi connectivity index (χ4v) is 3.43. The lowest BCUT2D eigenvalue weighted by atomic mass is 10.0. The summed E-state index contributed by atoms with van der Waals surface area (Å²) in [6, 6.07) is 10.1. The fourth-order valence-electron chi connectivity index (χ4n) is 3.43. The van der Waals surface area contributed by atoms with Crippen LogP contribution in [0.4, 0.5) is 0 Å². The summed E-state index contributed by atoms with van der Waals surface area (Å²) in [5, 5.41) is 0. The Bertz CT molecular complexity index is 668. The molecule has 3 rings (SSSR count). The number of aromatic nitrogens is 2. The zero-order chi connectivity index (χ0) is 16.9. The predicted octanol–water partition coefficient (Wildman–Crippen LogP) is 3.13. The molecule has 24 heavy (non-hydrogen) atoms. The summed E-state index contributed by atoms with van der Waals surface area (Å²) in [6.45, 7) is 5.96. The lowest BCUT2D eigenvalue weighted by Crippen LogP contribution is -2.43. The number of amides is 1. The van der Waals surface area contributed by atoms with Crippen LogP contribution in [0.5, 0.6) is 0 Å². The van der Waals surface area contributed by atoms with E-state index in [0.717, 1.165) is 30.8 Å². The maximum atomic E-state index is 13.1. The minimum Gasteiger partial charge on any atom is -0.364 e. The van der Waals surface area contributed by atoms with Gasteiger partial charge in [-0.3, -0.25) is 4.79 Å². The van der Waals surface area contributed by atoms with E-state index >= 15 is 0 Å². The first-order valence-corrected chi connectivity index (χ1v) is 8.65. The Morgan fingerprint density at radius 3 is 2.83 bits per heavy atom. The molecule has 1 amide bonds. The number of piperidine rings is 1. The van der Waals surface area contributed by atoms with Crippen molar-refractivity contribution in [2.45, 2.75) is 38.8 Å². The van der Waals surface area contributed by atoms with Crippen molar-refractivity contribution in [1.29, 1.82) is 0 Å². The molecule has 1 aromatic carbocycles. The van der Waals surface area contributed by atoms with E-state index in [0.29, 0.717) is 19.2 Å². The van der Waals surface area contributed by atoms with Crippen LogP contribution in [-0.2, 0) is 9.53 Å². The second kappa shape index (κ2) is 7.62. The van der Waals surface area contributed by atoms with Crippen LogP contribution < -0.4 is 0 Å². The van der Waals surface area contributed by atoms with Crippen molar-refractivity contribution in [3.63, 3.8) is 0 Å². The molecular weight excluding hydrogens is 302 g/mol. The van der Waals surface area contributed by atoms with Gasteiger partial charge in [-0.25, -0.2) is 4.98 Å². The second-order valence-corrected chi connectivity index (χ2v) is 6.21. The third-order valence-electron chi connectivity index (χ3n) is 4.62. The Kier molecular flexibility index (Phi) is 5.30. The summed E-state index contributed by atoms with van der Waals surface area (Å²) in [7, 11) is 0. The molecule has 0 bridgehead atoms. The Morgan fingerprint density at radius 2 is 2.17 bits per heavy atom. The summed E-state index contributed by atoms with van der Waals surface area (Å²) in [5.41, 5.74) is 0.922. The second-order valence-electron chi connectivity index (χ2n) is 6.21. The van der Waals surface area contributed by atoms with Gasteiger partial charge in [-0.15, -0.1) is 0 Å². The van der Waals surface area contributed by atoms with Gasteiger partial charge in [-0.1, -0.05) is 30.3 Å². The average Bonchev–Trinajstić information content (AvgIpc) is 3.06. The van der Waals surface area contributed by atoms with Crippen LogP contribution in [0.25, 0.3) is 0 Å². The van der Waals surface area contributed by atoms with Crippen molar-refractivity contribution in [3.8, 4) is 0 Å². The lowest BCUT2D eigenvalue weighted by Gasteiger charge is -2.35. The van der Waals surface area contributed by atoms with Gasteiger partial charge in [0.25, 0.3) is 5.91 Å². The number of ether oxygens (including phenoxy) is 1. The molecule has 0 spiro atoms. The largest absolute Gasteiger partial charge is 0.364 e. The standard InChI is InChI=1S/C19H25N3O2/c1-3-24-18(16-8-5-4-6-9-16)19(23)21-12-7-10-17(14-21)22-13-11-20-15(22)2/h4-6,8-9,11,13,17-18H,3,7,10,12,14H2,1-2H3/t17-,18-/m1/s1. The molecule has 128 valence electrons. The van der Waals surface area contributed by atoms with Crippen molar-refractivity contribution in [3.05, 3.63) is 54.1 Å². The highest BCUT2D eigenvalue weighted by Crippen LogP contribution is 2.27. The summed E-state index contributed by atoms with van der Waals surface area (Å²) < 4.78 is 7.96. The summed E-state index contributed by atoms with van der Waals surface area (Å²) in [4.78, 5) is 19.3. The fraction of sp³-hybridized carbons (Fsp3) is 0.474. The molecule has 5 nitrogen and oxygen atoms in total. The molecule has 2 heterocycles. The average molecular weight is 327 g/mol. The summed E-state index contributed by atoms with van der Waals surface area (Å²) in [6.07, 6.45) is 5.39. The maximum Gasteiger partial charge on any atom is 0.256 e. The van der Waals surface area contributed by atoms with Gasteiger partial charge in [0.05, 0.1) is 6.04 Å². The van der Waals surface area contributed by atoms with E-state index in [4.69, 9.17) is 4.74 Å². The van der Waals surface area contributed by atoms with Gasteiger partial charge in [0.15, 0.2) is 6.10 Å². The van der Waals surface area contributed by atoms with Crippen LogP contribution >= 0.6 is 0 Å². The highest BCUT2D eigenvalue weighted by molar-refractivity contribution is 5.82. The number of likely N-dealkylation sites (tertiary alicyclic amines) is 1. The van der Waals surface area contributed by atoms with Crippen LogP contribution in [0.3, 0.4) is 0 Å². The van der Waals surface area contributed by atoms with Gasteiger partial charge in [0, 0.05) is 32.1 Å². The smallest absolute Gasteiger partial charge is 0.256 e. The zero-order valence-corrected chi connectivity index (χ0v) is 14.4. The highest BCUT2D eigenvalue weighted by Gasteiger charge is 2.31. The molecule has 0 radical (unpaired) electrons. The number of benzene rings is 1. The Hall–Kier alpha value is -2.14. The number of carbonyl (C=O) groups is 1. The van der Waals surface area contributed by atoms with Gasteiger partial charge in [0.1, 0.15) is 5.82 Å². The SMILES string of the molecule is CCO[C@@H](C(=O)N1CCC[C@@H](n2ccnc2C)C1)c1ccccc1. The molecule has 0 N–H and O–H groups in total. The van der Waals surface area contributed by atoms with Gasteiger partial charge in [0.2, 0.25) is 0 Å². The number of carbonyl (C=O) groups excluding carboxylic acids is 1. The topological polar surface area (TPSA) is 47.4 Å². The van der Waals surface area contributed by atoms with Crippen molar-refractivity contribution < 1.29 is 9.53 Å². The first-order chi connectivity index (χ1) is 11.7. The quantitative estimate of drug-likeness (QED) is 0.847. The number of aryl methyl sites for hydroxylation is 1. The van der Waals surface area contributed by atoms with Crippen LogP contribution in [0.2, 0.25) is 0 Å². The van der Waals surface area contributed by atoms with Crippen molar-refractivity contribution in [1.82, 2.24) is 14.5 Å². The molecular formula is C19H25N3O2. The normalized spacial score (nSPS) is 19.2. The van der Waals surface area contributed by atoms with Crippen molar-refractivity contribution >= 4 is 5.91 Å². The molecule has 2 atom stereocenters. The maximum absolute atomic E-state index is 13.1. The number of nitrogens with zero attached hydrogens (tertiary/aromatic N) is 3. The predicted molar refractivity (Wildman–Crippen MR) is 92.6 cm³/mol. The van der Waals surface area contributed by atoms with Crippen molar-refractivity contribution in [2.75, 3.05) is 19.7 Å². The minimum atomic E-state index is -0.515. The first kappa shape index (κ1) is 16.7. The molecule has 5 heteroatoms. The van der Waals surface area contributed by atoms with E-state index < -0.39 is 6.10 Å². The van der Waals surface area contributed by atoms with Crippen LogP contribution in [0, 0.1) is 6.92 Å². The van der Waals surface area contributed by atoms with Crippen LogP contribution in [0.1, 0.15) is 43.3 Å². The van der Waals surface area contributed by atoms with Gasteiger partial charge in [-0.05, 0) is 32.3 Å². The summed E-state index contributed by atoms with van der Waals surface area (Å²) >= 11 is 0. The number of hydrogen-bond acceptors (Lipinski definition) is 3. The number of hydrogen-bond donors (Lipinski definition) is 0. The minimum absolute atomic E-state index is 0.0607. The van der Waals surface area contributed by atoms with Gasteiger partial charge in [-0.2, -0.15) is 0 Å². The molecule has 0 unspecified atom stereocenters. The van der Waals surface area contributed by atoms with Gasteiger partial charge < -0.3 is 14.2 Å². The molecule has 1 aliphatic rings. The molecule has 1 saturated heterocycles. The monoisotopic (exact) mass is 327 g/mol. The molecule has 1 fully saturated rings. The van der Waals surface area contributed by atoms with Crippen LogP contribution in [0.15, 0.2) is 42.7 Å². The first-order valence-electron chi connectivity index (χ1n) is 8.65. The van der Waals surface area contributed by atoms with E-state index in [-0.39, 0.29) is 5.91 Å². The van der Waals surface area contributed by atoms with Gasteiger partial charge >= 0.3 is 0 Å². The number of rotatable bonds is 5. The van der Waals surface area contributed by atoms with E-state index in [2.05, 4.69) is 9.55 Å². The third-order valence-corrected chi connectivity index (χ3v) is 4.62. The third kappa shape index (κ3) is 3.51. The Labute approximate surface area is 143 Å². The molecule has 1 aliphatic heterocycles. The summed E-state index contributed by atoms with van der Waals surface area (Å²) in [5.74, 6) is 1.06. The Morgan fingerprint density at radius 1 is 1.38 bits per heavy atom.